The average Bonchev–Trinajstić information content (AvgIpc) is 1.19. The molecule has 0 aromatic carbocycles. The molecule has 0 heterocycles. The summed E-state index contributed by atoms with van der Waals surface area (Å²) in [4.78, 5) is 0. The van der Waals surface area contributed by atoms with Crippen LogP contribution in [0.3, 0.4) is 0 Å². The molecule has 7 nitrogen and oxygen atoms in total. The predicted octanol–water partition coefficient (Wildman–Crippen LogP) is -7.65. The molecular weight excluding hydrogens is 222 g/mol. The van der Waals surface area contributed by atoms with E-state index in [4.69, 9.17) is 30.8 Å². The summed E-state index contributed by atoms with van der Waals surface area (Å²) in [6, 6.07) is 0. The van der Waals surface area contributed by atoms with Gasteiger partial charge >= 0.3 is 69.5 Å². The summed E-state index contributed by atoms with van der Waals surface area (Å²) < 4.78 is 56.9. The molecule has 0 aliphatic heterocycles. The van der Waals surface area contributed by atoms with E-state index in [1.54, 1.807) is 0 Å². The number of hydrogen-bond donors (Lipinski definition) is 2. The summed E-state index contributed by atoms with van der Waals surface area (Å²) in [7, 11) is -4.67. The molecule has 11 heavy (non-hydrogen) atoms. The zero-order valence-corrected chi connectivity index (χ0v) is 11.4. The maximum absolute atomic E-state index is 8.74. The van der Waals surface area contributed by atoms with Crippen molar-refractivity contribution in [1.82, 2.24) is 0 Å². The Morgan fingerprint density at radius 2 is 1.09 bits per heavy atom. The molecule has 0 aromatic rings. The summed E-state index contributed by atoms with van der Waals surface area (Å²) in [6.45, 7) is 0. The predicted molar refractivity (Wildman–Crippen MR) is 23.9 cm³/mol. The van der Waals surface area contributed by atoms with Crippen LogP contribution in [0.2, 0.25) is 0 Å². The fourth-order valence-corrected chi connectivity index (χ4v) is 0. The molecule has 0 bridgehead atoms. The van der Waals surface area contributed by atoms with E-state index in [0.717, 1.165) is 0 Å². The second-order valence-corrected chi connectivity index (χ2v) is 1.96. The van der Waals surface area contributed by atoms with Crippen LogP contribution in [0.15, 0.2) is 0 Å². The molecule has 0 saturated heterocycles. The second-order valence-electron chi connectivity index (χ2n) is 0.652. The molecule has 58 valence electrons. The van der Waals surface area contributed by atoms with Crippen molar-refractivity contribution in [2.75, 3.05) is 0 Å². The molecule has 0 aromatic heterocycles. The Balaban J connectivity index is -0.0000000383. The average molecular weight is 224 g/mol. The van der Waals surface area contributed by atoms with Crippen molar-refractivity contribution >= 4 is 21.8 Å². The summed E-state index contributed by atoms with van der Waals surface area (Å²) >= 11 is -3.11. The van der Waals surface area contributed by atoms with Crippen LogP contribution in [0, 0.1) is 0 Å². The van der Waals surface area contributed by atoms with E-state index in [9.17, 15) is 0 Å². The number of hydrogen-bond acceptors (Lipinski definition) is 5. The maximum Gasteiger partial charge on any atom is 1.00 e. The standard InChI is InChI=1S/2Na.H2O4S.H2O3S/c;;1-5(2,3)4;1-4(2)3/h;;(H2,1,2,3,4);(H2,1,2,3)/q2*+1;;/p-2. The Bertz CT molecular complexity index is 157. The van der Waals surface area contributed by atoms with E-state index < -0.39 is 21.8 Å². The van der Waals surface area contributed by atoms with Crippen molar-refractivity contribution < 1.29 is 90.0 Å². The van der Waals surface area contributed by atoms with Crippen LogP contribution in [0.5, 0.6) is 0 Å². The Morgan fingerprint density at radius 3 is 1.09 bits per heavy atom. The minimum atomic E-state index is -4.67. The van der Waals surface area contributed by atoms with Gasteiger partial charge < -0.3 is 9.11 Å². The van der Waals surface area contributed by atoms with Gasteiger partial charge in [-0.15, -0.1) is 11.4 Å². The van der Waals surface area contributed by atoms with Gasteiger partial charge in [0.15, 0.2) is 0 Å². The van der Waals surface area contributed by atoms with Gasteiger partial charge in [-0.25, -0.2) is 0 Å². The Labute approximate surface area is 110 Å². The molecule has 0 saturated carbocycles. The minimum Gasteiger partial charge on any atom is -0.784 e. The van der Waals surface area contributed by atoms with Gasteiger partial charge in [-0.3, -0.25) is 13.3 Å². The first kappa shape index (κ1) is 23.1. The smallest absolute Gasteiger partial charge is 0.784 e. The van der Waals surface area contributed by atoms with Crippen LogP contribution in [-0.4, -0.2) is 30.8 Å². The fourth-order valence-electron chi connectivity index (χ4n) is 0. The third-order valence-corrected chi connectivity index (χ3v) is 0. The van der Waals surface area contributed by atoms with Crippen LogP contribution >= 0.6 is 0 Å². The molecule has 0 spiro atoms. The Kier molecular flexibility index (Phi) is 25.1. The van der Waals surface area contributed by atoms with Gasteiger partial charge in [-0.2, -0.15) is 8.42 Å². The van der Waals surface area contributed by atoms with Crippen molar-refractivity contribution in [3.05, 3.63) is 0 Å². The monoisotopic (exact) mass is 224 g/mol. The second kappa shape index (κ2) is 11.9. The zero-order valence-electron chi connectivity index (χ0n) is 5.75. The molecule has 0 atom stereocenters. The quantitative estimate of drug-likeness (QED) is 0.237. The molecule has 0 fully saturated rings. The largest absolute Gasteiger partial charge is 1.00 e. The minimum absolute atomic E-state index is 0. The molecule has 0 amide bonds. The fraction of sp³-hybridized carbons (Fsp3) is 0. The maximum atomic E-state index is 8.74. The van der Waals surface area contributed by atoms with Crippen LogP contribution < -0.4 is 59.1 Å². The van der Waals surface area contributed by atoms with Crippen molar-refractivity contribution in [2.45, 2.75) is 0 Å². The van der Waals surface area contributed by atoms with Gasteiger partial charge in [0.05, 0.1) is 0 Å². The van der Waals surface area contributed by atoms with E-state index in [1.165, 1.54) is 0 Å². The zero-order chi connectivity index (χ0) is 8.08. The van der Waals surface area contributed by atoms with E-state index in [1.807, 2.05) is 0 Å². The van der Waals surface area contributed by atoms with Gasteiger partial charge in [0, 0.05) is 0 Å². The van der Waals surface area contributed by atoms with E-state index in [0.29, 0.717) is 0 Å². The summed E-state index contributed by atoms with van der Waals surface area (Å²) in [6.07, 6.45) is 0. The molecule has 0 unspecified atom stereocenters. The topological polar surface area (TPSA) is 138 Å². The van der Waals surface area contributed by atoms with Crippen molar-refractivity contribution in [3.8, 4) is 0 Å². The van der Waals surface area contributed by atoms with Crippen LogP contribution in [0.25, 0.3) is 0 Å². The third-order valence-electron chi connectivity index (χ3n) is 0. The van der Waals surface area contributed by atoms with Gasteiger partial charge in [-0.1, -0.05) is 0 Å². The van der Waals surface area contributed by atoms with Crippen LogP contribution in [0.4, 0.5) is 0 Å². The normalized spacial score (nSPS) is 8.45. The SMILES string of the molecule is O=S(=O)(O)O.O=S([O-])[O-].[Na+].[Na+]. The van der Waals surface area contributed by atoms with Crippen LogP contribution in [-0.2, 0) is 21.8 Å². The molecule has 0 rings (SSSR count). The van der Waals surface area contributed by atoms with Crippen molar-refractivity contribution in [1.29, 1.82) is 0 Å². The van der Waals surface area contributed by atoms with Gasteiger partial charge in [0.2, 0.25) is 0 Å². The van der Waals surface area contributed by atoms with E-state index in [2.05, 4.69) is 0 Å². The first-order valence-corrected chi connectivity index (χ1v) is 3.60. The van der Waals surface area contributed by atoms with Gasteiger partial charge in [0.1, 0.15) is 0 Å². The van der Waals surface area contributed by atoms with Gasteiger partial charge in [-0.05, 0) is 0 Å². The molecular formula is H2Na2O7S2. The summed E-state index contributed by atoms with van der Waals surface area (Å²) in [5.41, 5.74) is 0. The van der Waals surface area contributed by atoms with E-state index in [-0.39, 0.29) is 59.1 Å². The molecule has 0 aliphatic carbocycles. The Morgan fingerprint density at radius 1 is 1.09 bits per heavy atom. The summed E-state index contributed by atoms with van der Waals surface area (Å²) in [5, 5.41) is 0. The first-order chi connectivity index (χ1) is 3.73. The third kappa shape index (κ3) is 313. The first-order valence-electron chi connectivity index (χ1n) is 1.20. The molecule has 0 radical (unpaired) electrons. The van der Waals surface area contributed by atoms with Gasteiger partial charge in [0.25, 0.3) is 0 Å². The Hall–Kier alpha value is 1.94. The van der Waals surface area contributed by atoms with Crippen LogP contribution in [0.1, 0.15) is 0 Å². The van der Waals surface area contributed by atoms with Crippen molar-refractivity contribution in [3.63, 3.8) is 0 Å². The van der Waals surface area contributed by atoms with E-state index >= 15 is 0 Å². The molecule has 11 heteroatoms. The number of rotatable bonds is 0. The van der Waals surface area contributed by atoms with Crippen molar-refractivity contribution in [2.24, 2.45) is 0 Å². The molecule has 0 aliphatic rings. The summed E-state index contributed by atoms with van der Waals surface area (Å²) in [5.74, 6) is 0. The molecule has 2 N–H and O–H groups in total.